The van der Waals surface area contributed by atoms with Gasteiger partial charge < -0.3 is 25.3 Å². The summed E-state index contributed by atoms with van der Waals surface area (Å²) in [4.78, 5) is 11.6. The summed E-state index contributed by atoms with van der Waals surface area (Å²) in [6.07, 6.45) is 1.11. The van der Waals surface area contributed by atoms with E-state index in [-0.39, 0.29) is 5.91 Å². The summed E-state index contributed by atoms with van der Waals surface area (Å²) in [7, 11) is 4.66. The van der Waals surface area contributed by atoms with Crippen LogP contribution >= 0.6 is 0 Å². The van der Waals surface area contributed by atoms with Crippen molar-refractivity contribution in [3.8, 4) is 17.2 Å². The number of hydrogen-bond donors (Lipinski definition) is 2. The van der Waals surface area contributed by atoms with E-state index < -0.39 is 0 Å². The van der Waals surface area contributed by atoms with Crippen LogP contribution in [-0.2, 0) is 11.3 Å². The third-order valence-corrected chi connectivity index (χ3v) is 2.82. The van der Waals surface area contributed by atoms with Crippen LogP contribution in [-0.4, -0.2) is 33.8 Å². The quantitative estimate of drug-likeness (QED) is 0.745. The van der Waals surface area contributed by atoms with Gasteiger partial charge in [-0.25, -0.2) is 0 Å². The SMILES string of the molecule is COc1cc(CNC(=O)CCCN)cc(OC)c1OC. The summed E-state index contributed by atoms with van der Waals surface area (Å²) < 4.78 is 15.8. The zero-order valence-electron chi connectivity index (χ0n) is 12.2. The fraction of sp³-hybridized carbons (Fsp3) is 0.500. The molecule has 6 heteroatoms. The number of nitrogens with two attached hydrogens (primary N) is 1. The van der Waals surface area contributed by atoms with Gasteiger partial charge in [0, 0.05) is 13.0 Å². The van der Waals surface area contributed by atoms with Crippen molar-refractivity contribution < 1.29 is 19.0 Å². The summed E-state index contributed by atoms with van der Waals surface area (Å²) in [6, 6.07) is 3.62. The van der Waals surface area contributed by atoms with Gasteiger partial charge in [-0.3, -0.25) is 4.79 Å². The topological polar surface area (TPSA) is 82.8 Å². The molecule has 0 fully saturated rings. The lowest BCUT2D eigenvalue weighted by molar-refractivity contribution is -0.121. The molecule has 0 unspecified atom stereocenters. The van der Waals surface area contributed by atoms with Crippen molar-refractivity contribution in [2.24, 2.45) is 5.73 Å². The number of ether oxygens (including phenoxy) is 3. The van der Waals surface area contributed by atoms with E-state index in [1.54, 1.807) is 21.3 Å². The van der Waals surface area contributed by atoms with E-state index in [4.69, 9.17) is 19.9 Å². The highest BCUT2D eigenvalue weighted by atomic mass is 16.5. The monoisotopic (exact) mass is 282 g/mol. The van der Waals surface area contributed by atoms with E-state index in [0.29, 0.717) is 43.2 Å². The molecular formula is C14H22N2O4. The highest BCUT2D eigenvalue weighted by Crippen LogP contribution is 2.38. The summed E-state index contributed by atoms with van der Waals surface area (Å²) in [6.45, 7) is 0.914. The van der Waals surface area contributed by atoms with Gasteiger partial charge in [-0.05, 0) is 30.7 Å². The van der Waals surface area contributed by atoms with Gasteiger partial charge in [-0.2, -0.15) is 0 Å². The Labute approximate surface area is 119 Å². The van der Waals surface area contributed by atoms with Crippen LogP contribution in [0.5, 0.6) is 17.2 Å². The molecule has 0 aliphatic rings. The normalized spacial score (nSPS) is 10.0. The molecule has 112 valence electrons. The Morgan fingerprint density at radius 3 is 2.20 bits per heavy atom. The van der Waals surface area contributed by atoms with Crippen LogP contribution in [0.3, 0.4) is 0 Å². The third kappa shape index (κ3) is 4.31. The molecule has 0 atom stereocenters. The summed E-state index contributed by atoms with van der Waals surface area (Å²) in [5.74, 6) is 1.65. The first-order valence-corrected chi connectivity index (χ1v) is 6.41. The number of carbonyl (C=O) groups is 1. The maximum Gasteiger partial charge on any atom is 0.220 e. The number of methoxy groups -OCH3 is 3. The predicted octanol–water partition coefficient (Wildman–Crippen LogP) is 1.07. The maximum absolute atomic E-state index is 11.6. The summed E-state index contributed by atoms with van der Waals surface area (Å²) in [5.41, 5.74) is 6.24. The molecule has 1 aromatic carbocycles. The zero-order chi connectivity index (χ0) is 15.0. The largest absolute Gasteiger partial charge is 0.493 e. The van der Waals surface area contributed by atoms with Crippen molar-refractivity contribution in [1.29, 1.82) is 0 Å². The fourth-order valence-electron chi connectivity index (χ4n) is 1.79. The van der Waals surface area contributed by atoms with Gasteiger partial charge in [0.05, 0.1) is 21.3 Å². The molecule has 0 bridgehead atoms. The lowest BCUT2D eigenvalue weighted by Crippen LogP contribution is -2.23. The highest BCUT2D eigenvalue weighted by molar-refractivity contribution is 5.75. The standard InChI is InChI=1S/C14H22N2O4/c1-18-11-7-10(8-12(19-2)14(11)20-3)9-16-13(17)5-4-6-15/h7-8H,4-6,9,15H2,1-3H3,(H,16,17). The van der Waals surface area contributed by atoms with Gasteiger partial charge in [-0.15, -0.1) is 0 Å². The molecule has 0 saturated heterocycles. The number of hydrogen-bond acceptors (Lipinski definition) is 5. The van der Waals surface area contributed by atoms with E-state index in [1.165, 1.54) is 0 Å². The summed E-state index contributed by atoms with van der Waals surface area (Å²) >= 11 is 0. The Kier molecular flexibility index (Phi) is 6.66. The van der Waals surface area contributed by atoms with E-state index in [2.05, 4.69) is 5.32 Å². The molecule has 0 radical (unpaired) electrons. The van der Waals surface area contributed by atoms with E-state index >= 15 is 0 Å². The molecule has 0 aliphatic carbocycles. The molecule has 3 N–H and O–H groups in total. The fourth-order valence-corrected chi connectivity index (χ4v) is 1.79. The van der Waals surface area contributed by atoms with Crippen molar-refractivity contribution in [3.05, 3.63) is 17.7 Å². The molecule has 6 nitrogen and oxygen atoms in total. The number of nitrogens with one attached hydrogen (secondary N) is 1. The minimum absolute atomic E-state index is 0.0239. The Bertz CT molecular complexity index is 424. The number of carbonyl (C=O) groups excluding carboxylic acids is 1. The van der Waals surface area contributed by atoms with E-state index in [0.717, 1.165) is 5.56 Å². The third-order valence-electron chi connectivity index (χ3n) is 2.82. The molecule has 0 aromatic heterocycles. The Hall–Kier alpha value is -1.95. The van der Waals surface area contributed by atoms with Crippen molar-refractivity contribution >= 4 is 5.91 Å². The van der Waals surface area contributed by atoms with Gasteiger partial charge in [0.15, 0.2) is 11.5 Å². The molecule has 0 aliphatic heterocycles. The number of rotatable bonds is 8. The molecule has 0 saturated carbocycles. The molecule has 0 heterocycles. The van der Waals surface area contributed by atoms with Crippen molar-refractivity contribution in [3.63, 3.8) is 0 Å². The van der Waals surface area contributed by atoms with Gasteiger partial charge in [0.2, 0.25) is 11.7 Å². The second-order valence-corrected chi connectivity index (χ2v) is 4.20. The zero-order valence-corrected chi connectivity index (χ0v) is 12.2. The molecular weight excluding hydrogens is 260 g/mol. The van der Waals surface area contributed by atoms with Crippen LogP contribution in [0, 0.1) is 0 Å². The van der Waals surface area contributed by atoms with Crippen molar-refractivity contribution in [2.45, 2.75) is 19.4 Å². The van der Waals surface area contributed by atoms with Crippen LogP contribution in [0.2, 0.25) is 0 Å². The Balaban J connectivity index is 2.78. The average Bonchev–Trinajstić information content (AvgIpc) is 2.49. The van der Waals surface area contributed by atoms with Gasteiger partial charge in [0.25, 0.3) is 0 Å². The minimum atomic E-state index is -0.0239. The first kappa shape index (κ1) is 16.1. The molecule has 0 spiro atoms. The van der Waals surface area contributed by atoms with Crippen LogP contribution in [0.4, 0.5) is 0 Å². The van der Waals surface area contributed by atoms with Gasteiger partial charge in [0.1, 0.15) is 0 Å². The molecule has 20 heavy (non-hydrogen) atoms. The lowest BCUT2D eigenvalue weighted by atomic mass is 10.1. The van der Waals surface area contributed by atoms with E-state index in [9.17, 15) is 4.79 Å². The van der Waals surface area contributed by atoms with Crippen molar-refractivity contribution in [2.75, 3.05) is 27.9 Å². The molecule has 1 aromatic rings. The van der Waals surface area contributed by atoms with Gasteiger partial charge >= 0.3 is 0 Å². The smallest absolute Gasteiger partial charge is 0.220 e. The molecule has 1 rings (SSSR count). The highest BCUT2D eigenvalue weighted by Gasteiger charge is 2.13. The first-order chi connectivity index (χ1) is 9.65. The van der Waals surface area contributed by atoms with Crippen LogP contribution < -0.4 is 25.3 Å². The maximum atomic E-state index is 11.6. The van der Waals surface area contributed by atoms with Crippen LogP contribution in [0.1, 0.15) is 18.4 Å². The number of benzene rings is 1. The lowest BCUT2D eigenvalue weighted by Gasteiger charge is -2.14. The van der Waals surface area contributed by atoms with Crippen molar-refractivity contribution in [1.82, 2.24) is 5.32 Å². The Morgan fingerprint density at radius 1 is 1.15 bits per heavy atom. The van der Waals surface area contributed by atoms with Gasteiger partial charge in [-0.1, -0.05) is 0 Å². The Morgan fingerprint density at radius 2 is 1.75 bits per heavy atom. The predicted molar refractivity (Wildman–Crippen MR) is 76.2 cm³/mol. The first-order valence-electron chi connectivity index (χ1n) is 6.41. The van der Waals surface area contributed by atoms with Crippen LogP contribution in [0.25, 0.3) is 0 Å². The second-order valence-electron chi connectivity index (χ2n) is 4.20. The average molecular weight is 282 g/mol. The minimum Gasteiger partial charge on any atom is -0.493 e. The van der Waals surface area contributed by atoms with E-state index in [1.807, 2.05) is 12.1 Å². The summed E-state index contributed by atoms with van der Waals surface area (Å²) in [5, 5.41) is 2.83. The van der Waals surface area contributed by atoms with Crippen LogP contribution in [0.15, 0.2) is 12.1 Å². The second kappa shape index (κ2) is 8.27. The molecule has 1 amide bonds. The number of amides is 1.